The van der Waals surface area contributed by atoms with Gasteiger partial charge >= 0.3 is 6.18 Å². The van der Waals surface area contributed by atoms with Crippen LogP contribution in [-0.2, 0) is 15.8 Å². The van der Waals surface area contributed by atoms with E-state index < -0.39 is 12.0 Å². The first-order chi connectivity index (χ1) is 15.7. The molecule has 3 aromatic rings. The maximum absolute atomic E-state index is 13.1. The highest BCUT2D eigenvalue weighted by Gasteiger charge is 2.38. The Morgan fingerprint density at radius 3 is 2.24 bits per heavy atom. The van der Waals surface area contributed by atoms with Crippen molar-refractivity contribution < 1.29 is 22.8 Å². The third-order valence-electron chi connectivity index (χ3n) is 5.45. The molecule has 12 heteroatoms. The molecule has 0 spiro atoms. The second-order valence-corrected chi connectivity index (χ2v) is 7.71. The van der Waals surface area contributed by atoms with Crippen molar-refractivity contribution in [1.29, 1.82) is 0 Å². The lowest BCUT2D eigenvalue weighted by Crippen LogP contribution is -2.38. The zero-order chi connectivity index (χ0) is 23.6. The highest BCUT2D eigenvalue weighted by atomic mass is 19.4. The molecular formula is C21H22F3N7O2. The fourth-order valence-corrected chi connectivity index (χ4v) is 3.63. The Kier molecular flexibility index (Phi) is 6.16. The molecule has 0 aliphatic carbocycles. The van der Waals surface area contributed by atoms with Crippen molar-refractivity contribution in [2.24, 2.45) is 5.92 Å². The average Bonchev–Trinajstić information content (AvgIpc) is 3.24. The van der Waals surface area contributed by atoms with Crippen LogP contribution in [0.3, 0.4) is 0 Å². The number of nitrogens with one attached hydrogen (secondary N) is 2. The van der Waals surface area contributed by atoms with E-state index in [4.69, 9.17) is 0 Å². The zero-order valence-corrected chi connectivity index (χ0v) is 17.8. The SMILES string of the molecule is CCC(=O)Nc1ccc(NC(=O)C2CCN(c3ccc4nnc(C(F)(F)F)n4n3)CC2)cc1. The maximum atomic E-state index is 13.1. The summed E-state index contributed by atoms with van der Waals surface area (Å²) in [5.74, 6) is -1.25. The first-order valence-electron chi connectivity index (χ1n) is 10.5. The predicted molar refractivity (Wildman–Crippen MR) is 115 cm³/mol. The smallest absolute Gasteiger partial charge is 0.355 e. The van der Waals surface area contributed by atoms with Crippen LogP contribution in [0.4, 0.5) is 30.4 Å². The topological polar surface area (TPSA) is 105 Å². The Balaban J connectivity index is 1.36. The summed E-state index contributed by atoms with van der Waals surface area (Å²) in [5, 5.41) is 16.4. The lowest BCUT2D eigenvalue weighted by atomic mass is 9.96. The van der Waals surface area contributed by atoms with Crippen LogP contribution in [0.2, 0.25) is 0 Å². The molecular weight excluding hydrogens is 439 g/mol. The Morgan fingerprint density at radius 1 is 1.00 bits per heavy atom. The van der Waals surface area contributed by atoms with Gasteiger partial charge in [0.05, 0.1) is 0 Å². The summed E-state index contributed by atoms with van der Waals surface area (Å²) in [6, 6.07) is 9.91. The molecule has 1 saturated heterocycles. The van der Waals surface area contributed by atoms with E-state index in [-0.39, 0.29) is 23.4 Å². The molecule has 174 valence electrons. The molecule has 33 heavy (non-hydrogen) atoms. The highest BCUT2D eigenvalue weighted by molar-refractivity contribution is 5.94. The largest absolute Gasteiger partial charge is 0.453 e. The number of hydrogen-bond donors (Lipinski definition) is 2. The van der Waals surface area contributed by atoms with Crippen molar-refractivity contribution in [3.05, 3.63) is 42.2 Å². The maximum Gasteiger partial charge on any atom is 0.453 e. The number of rotatable bonds is 5. The van der Waals surface area contributed by atoms with Crippen molar-refractivity contribution in [2.45, 2.75) is 32.4 Å². The molecule has 1 aromatic carbocycles. The number of halogens is 3. The number of amides is 2. The zero-order valence-electron chi connectivity index (χ0n) is 17.8. The molecule has 0 unspecified atom stereocenters. The van der Waals surface area contributed by atoms with Gasteiger partial charge in [-0.3, -0.25) is 9.59 Å². The number of aromatic nitrogens is 4. The lowest BCUT2D eigenvalue weighted by molar-refractivity contribution is -0.146. The summed E-state index contributed by atoms with van der Waals surface area (Å²) in [6.07, 6.45) is -3.21. The normalized spacial score (nSPS) is 15.0. The molecule has 1 fully saturated rings. The van der Waals surface area contributed by atoms with Crippen molar-refractivity contribution in [3.8, 4) is 0 Å². The van der Waals surface area contributed by atoms with Gasteiger partial charge < -0.3 is 15.5 Å². The van der Waals surface area contributed by atoms with E-state index >= 15 is 0 Å². The standard InChI is InChI=1S/C21H22F3N7O2/c1-2-18(32)25-14-3-5-15(6-4-14)26-19(33)13-9-11-30(12-10-13)17-8-7-16-27-28-20(21(22,23)24)31(16)29-17/h3-8,13H,2,9-12H2,1H3,(H,25,32)(H,26,33). The van der Waals surface area contributed by atoms with Crippen molar-refractivity contribution in [3.63, 3.8) is 0 Å². The predicted octanol–water partition coefficient (Wildman–Crippen LogP) is 3.35. The van der Waals surface area contributed by atoms with E-state index in [0.29, 0.717) is 54.1 Å². The molecule has 3 heterocycles. The van der Waals surface area contributed by atoms with Crippen LogP contribution in [0.5, 0.6) is 0 Å². The number of nitrogens with zero attached hydrogens (tertiary/aromatic N) is 5. The first kappa shape index (κ1) is 22.5. The second-order valence-electron chi connectivity index (χ2n) is 7.71. The minimum atomic E-state index is -4.66. The number of hydrogen-bond acceptors (Lipinski definition) is 6. The molecule has 2 aromatic heterocycles. The number of alkyl halides is 3. The molecule has 0 radical (unpaired) electrons. The molecule has 4 rings (SSSR count). The second kappa shape index (κ2) is 9.04. The van der Waals surface area contributed by atoms with Gasteiger partial charge in [-0.15, -0.1) is 15.3 Å². The molecule has 9 nitrogen and oxygen atoms in total. The highest BCUT2D eigenvalue weighted by Crippen LogP contribution is 2.29. The lowest BCUT2D eigenvalue weighted by Gasteiger charge is -2.32. The molecule has 1 aliphatic rings. The molecule has 0 atom stereocenters. The van der Waals surface area contributed by atoms with Gasteiger partial charge in [0.2, 0.25) is 11.8 Å². The van der Waals surface area contributed by atoms with Crippen molar-refractivity contribution in [2.75, 3.05) is 28.6 Å². The fraction of sp³-hybridized carbons (Fsp3) is 0.381. The van der Waals surface area contributed by atoms with Crippen LogP contribution >= 0.6 is 0 Å². The number of carbonyl (C=O) groups is 2. The molecule has 1 aliphatic heterocycles. The van der Waals surface area contributed by atoms with E-state index in [0.717, 1.165) is 0 Å². The number of benzene rings is 1. The van der Waals surface area contributed by atoms with Crippen LogP contribution in [-0.4, -0.2) is 44.7 Å². The van der Waals surface area contributed by atoms with Gasteiger partial charge in [0.15, 0.2) is 5.65 Å². The third kappa shape index (κ3) is 5.04. The summed E-state index contributed by atoms with van der Waals surface area (Å²) in [5.41, 5.74) is 1.29. The number of carbonyl (C=O) groups excluding carboxylic acids is 2. The Labute approximate surface area is 187 Å². The van der Waals surface area contributed by atoms with Crippen LogP contribution in [0.1, 0.15) is 32.0 Å². The van der Waals surface area contributed by atoms with Crippen molar-refractivity contribution in [1.82, 2.24) is 19.8 Å². The van der Waals surface area contributed by atoms with Gasteiger partial charge in [-0.1, -0.05) is 6.92 Å². The summed E-state index contributed by atoms with van der Waals surface area (Å²) in [7, 11) is 0. The molecule has 0 saturated carbocycles. The average molecular weight is 461 g/mol. The van der Waals surface area contributed by atoms with Crippen molar-refractivity contribution >= 4 is 34.7 Å². The van der Waals surface area contributed by atoms with E-state index in [2.05, 4.69) is 25.9 Å². The van der Waals surface area contributed by atoms with Gasteiger partial charge in [-0.2, -0.15) is 17.7 Å². The van der Waals surface area contributed by atoms with Crippen LogP contribution in [0.25, 0.3) is 5.65 Å². The summed E-state index contributed by atoms with van der Waals surface area (Å²) >= 11 is 0. The third-order valence-corrected chi connectivity index (χ3v) is 5.45. The van der Waals surface area contributed by atoms with Crippen LogP contribution in [0.15, 0.2) is 36.4 Å². The summed E-state index contributed by atoms with van der Waals surface area (Å²) in [6.45, 7) is 2.71. The Bertz CT molecular complexity index is 1150. The Hall–Kier alpha value is -3.70. The molecule has 2 N–H and O–H groups in total. The molecule has 0 bridgehead atoms. The number of anilines is 3. The minimum absolute atomic E-state index is 0.0145. The van der Waals surface area contributed by atoms with E-state index in [1.54, 1.807) is 37.3 Å². The molecule has 2 amide bonds. The van der Waals surface area contributed by atoms with Crippen LogP contribution < -0.4 is 15.5 Å². The Morgan fingerprint density at radius 2 is 1.64 bits per heavy atom. The summed E-state index contributed by atoms with van der Waals surface area (Å²) < 4.78 is 40.0. The number of fused-ring (bicyclic) bond motifs is 1. The van der Waals surface area contributed by atoms with Gasteiger partial charge in [0.1, 0.15) is 5.82 Å². The first-order valence-corrected chi connectivity index (χ1v) is 10.5. The van der Waals surface area contributed by atoms with E-state index in [1.165, 1.54) is 6.07 Å². The van der Waals surface area contributed by atoms with Crippen LogP contribution in [0, 0.1) is 5.92 Å². The van der Waals surface area contributed by atoms with Gasteiger partial charge in [-0.05, 0) is 49.2 Å². The van der Waals surface area contributed by atoms with Gasteiger partial charge in [-0.25, -0.2) is 0 Å². The van der Waals surface area contributed by atoms with E-state index in [9.17, 15) is 22.8 Å². The quantitative estimate of drug-likeness (QED) is 0.604. The summed E-state index contributed by atoms with van der Waals surface area (Å²) in [4.78, 5) is 25.9. The fourth-order valence-electron chi connectivity index (χ4n) is 3.63. The monoisotopic (exact) mass is 461 g/mol. The van der Waals surface area contributed by atoms with E-state index in [1.807, 2.05) is 4.90 Å². The van der Waals surface area contributed by atoms with Gasteiger partial charge in [0, 0.05) is 36.8 Å². The number of piperidine rings is 1. The van der Waals surface area contributed by atoms with Gasteiger partial charge in [0.25, 0.3) is 5.82 Å². The minimum Gasteiger partial charge on any atom is -0.355 e.